The number of nitrogens with zero attached hydrogens (tertiary/aromatic N) is 2. The van der Waals surface area contributed by atoms with E-state index in [9.17, 15) is 14.4 Å². The normalized spacial score (nSPS) is 27.5. The van der Waals surface area contributed by atoms with Gasteiger partial charge in [-0.15, -0.1) is 0 Å². The predicted octanol–water partition coefficient (Wildman–Crippen LogP) is 1.44. The van der Waals surface area contributed by atoms with E-state index in [1.54, 1.807) is 11.8 Å². The van der Waals surface area contributed by atoms with Crippen molar-refractivity contribution in [1.29, 1.82) is 0 Å². The zero-order valence-corrected chi connectivity index (χ0v) is 14.6. The van der Waals surface area contributed by atoms with Crippen LogP contribution in [-0.2, 0) is 19.1 Å². The van der Waals surface area contributed by atoms with Crippen molar-refractivity contribution in [3.63, 3.8) is 0 Å². The SMILES string of the molecule is COC(=O)C1CCC(C(=O)N2CCN(C(C)=O)CC2(C)C)CC1. The lowest BCUT2D eigenvalue weighted by atomic mass is 9.80. The predicted molar refractivity (Wildman–Crippen MR) is 85.5 cm³/mol. The van der Waals surface area contributed by atoms with Gasteiger partial charge in [0.25, 0.3) is 0 Å². The lowest BCUT2D eigenvalue weighted by molar-refractivity contribution is -0.153. The maximum Gasteiger partial charge on any atom is 0.308 e. The van der Waals surface area contributed by atoms with E-state index in [0.29, 0.717) is 19.6 Å². The number of carbonyl (C=O) groups excluding carboxylic acids is 3. The number of ether oxygens (including phenoxy) is 1. The van der Waals surface area contributed by atoms with Crippen molar-refractivity contribution in [2.45, 2.75) is 52.0 Å². The van der Waals surface area contributed by atoms with Gasteiger partial charge in [0.15, 0.2) is 0 Å². The lowest BCUT2D eigenvalue weighted by Crippen LogP contribution is -2.62. The van der Waals surface area contributed by atoms with Gasteiger partial charge < -0.3 is 14.5 Å². The van der Waals surface area contributed by atoms with Crippen molar-refractivity contribution in [2.75, 3.05) is 26.7 Å². The Kier molecular flexibility index (Phi) is 5.32. The van der Waals surface area contributed by atoms with Crippen LogP contribution in [0, 0.1) is 11.8 Å². The molecule has 2 rings (SSSR count). The Morgan fingerprint density at radius 3 is 2.04 bits per heavy atom. The summed E-state index contributed by atoms with van der Waals surface area (Å²) < 4.78 is 4.80. The maximum atomic E-state index is 12.9. The van der Waals surface area contributed by atoms with Crippen LogP contribution >= 0.6 is 0 Å². The standard InChI is InChI=1S/C17H28N2O4/c1-12(20)18-9-10-19(17(2,3)11-18)15(21)13-5-7-14(8-6-13)16(22)23-4/h13-14H,5-11H2,1-4H3. The molecule has 23 heavy (non-hydrogen) atoms. The molecule has 0 aromatic heterocycles. The van der Waals surface area contributed by atoms with Crippen LogP contribution in [0.5, 0.6) is 0 Å². The fourth-order valence-electron chi connectivity index (χ4n) is 3.80. The minimum atomic E-state index is -0.347. The van der Waals surface area contributed by atoms with Gasteiger partial charge in [-0.25, -0.2) is 0 Å². The van der Waals surface area contributed by atoms with Crippen LogP contribution in [0.4, 0.5) is 0 Å². The fourth-order valence-corrected chi connectivity index (χ4v) is 3.80. The van der Waals surface area contributed by atoms with E-state index in [1.165, 1.54) is 7.11 Å². The minimum Gasteiger partial charge on any atom is -0.469 e. The fraction of sp³-hybridized carbons (Fsp3) is 0.824. The van der Waals surface area contributed by atoms with Crippen molar-refractivity contribution in [2.24, 2.45) is 11.8 Å². The van der Waals surface area contributed by atoms with Gasteiger partial charge in [-0.1, -0.05) is 0 Å². The first-order valence-corrected chi connectivity index (χ1v) is 8.41. The van der Waals surface area contributed by atoms with Gasteiger partial charge in [-0.2, -0.15) is 0 Å². The quantitative estimate of drug-likeness (QED) is 0.721. The first-order chi connectivity index (χ1) is 10.8. The second-order valence-electron chi connectivity index (χ2n) is 7.31. The van der Waals surface area contributed by atoms with Crippen LogP contribution in [0.2, 0.25) is 0 Å². The van der Waals surface area contributed by atoms with Crippen LogP contribution in [0.15, 0.2) is 0 Å². The molecular formula is C17H28N2O4. The molecule has 6 heteroatoms. The number of rotatable bonds is 2. The Bertz CT molecular complexity index is 481. The molecule has 1 aliphatic carbocycles. The van der Waals surface area contributed by atoms with Crippen LogP contribution in [0.3, 0.4) is 0 Å². The monoisotopic (exact) mass is 324 g/mol. The number of carbonyl (C=O) groups is 3. The summed E-state index contributed by atoms with van der Waals surface area (Å²) in [7, 11) is 1.41. The Hall–Kier alpha value is -1.59. The highest BCUT2D eigenvalue weighted by molar-refractivity contribution is 5.81. The number of hydrogen-bond donors (Lipinski definition) is 0. The molecule has 0 spiro atoms. The van der Waals surface area contributed by atoms with Gasteiger partial charge in [0, 0.05) is 32.5 Å². The molecule has 6 nitrogen and oxygen atoms in total. The zero-order valence-electron chi connectivity index (χ0n) is 14.6. The Morgan fingerprint density at radius 2 is 1.57 bits per heavy atom. The third-order valence-corrected chi connectivity index (χ3v) is 5.22. The van der Waals surface area contributed by atoms with Crippen molar-refractivity contribution < 1.29 is 19.1 Å². The molecular weight excluding hydrogens is 296 g/mol. The molecule has 0 bridgehead atoms. The summed E-state index contributed by atoms with van der Waals surface area (Å²) >= 11 is 0. The van der Waals surface area contributed by atoms with Gasteiger partial charge in [-0.05, 0) is 39.5 Å². The largest absolute Gasteiger partial charge is 0.469 e. The third-order valence-electron chi connectivity index (χ3n) is 5.22. The highest BCUT2D eigenvalue weighted by Gasteiger charge is 2.41. The maximum absolute atomic E-state index is 12.9. The average Bonchev–Trinajstić information content (AvgIpc) is 2.52. The molecule has 1 aliphatic heterocycles. The van der Waals surface area contributed by atoms with Crippen molar-refractivity contribution >= 4 is 17.8 Å². The van der Waals surface area contributed by atoms with E-state index in [2.05, 4.69) is 0 Å². The van der Waals surface area contributed by atoms with Crippen molar-refractivity contribution in [3.8, 4) is 0 Å². The summed E-state index contributed by atoms with van der Waals surface area (Å²) in [5.74, 6) is -0.0118. The topological polar surface area (TPSA) is 66.9 Å². The molecule has 0 atom stereocenters. The van der Waals surface area contributed by atoms with Crippen LogP contribution < -0.4 is 0 Å². The lowest BCUT2D eigenvalue weighted by Gasteiger charge is -2.48. The molecule has 0 N–H and O–H groups in total. The molecule has 2 fully saturated rings. The summed E-state index contributed by atoms with van der Waals surface area (Å²) in [6.07, 6.45) is 2.91. The van der Waals surface area contributed by atoms with E-state index >= 15 is 0 Å². The highest BCUT2D eigenvalue weighted by atomic mass is 16.5. The van der Waals surface area contributed by atoms with Crippen LogP contribution in [0.25, 0.3) is 0 Å². The number of esters is 1. The number of hydrogen-bond acceptors (Lipinski definition) is 4. The van der Waals surface area contributed by atoms with E-state index in [1.807, 2.05) is 18.7 Å². The Balaban J connectivity index is 1.96. The smallest absolute Gasteiger partial charge is 0.308 e. The minimum absolute atomic E-state index is 0.0148. The second-order valence-corrected chi connectivity index (χ2v) is 7.31. The average molecular weight is 324 g/mol. The highest BCUT2D eigenvalue weighted by Crippen LogP contribution is 2.33. The van der Waals surface area contributed by atoms with E-state index < -0.39 is 0 Å². The molecule has 0 radical (unpaired) electrons. The van der Waals surface area contributed by atoms with Crippen LogP contribution in [-0.4, -0.2) is 59.9 Å². The molecule has 0 unspecified atom stereocenters. The summed E-state index contributed by atoms with van der Waals surface area (Å²) in [6, 6.07) is 0. The third kappa shape index (κ3) is 3.85. The van der Waals surface area contributed by atoms with Gasteiger partial charge in [0.2, 0.25) is 11.8 Å². The molecule has 2 aliphatic rings. The van der Waals surface area contributed by atoms with E-state index in [4.69, 9.17) is 4.74 Å². The van der Waals surface area contributed by atoms with Crippen LogP contribution in [0.1, 0.15) is 46.5 Å². The second kappa shape index (κ2) is 6.89. The molecule has 2 amide bonds. The first kappa shape index (κ1) is 17.8. The molecule has 0 aromatic rings. The van der Waals surface area contributed by atoms with Gasteiger partial charge in [0.05, 0.1) is 18.6 Å². The number of amides is 2. The number of methoxy groups -OCH3 is 1. The van der Waals surface area contributed by atoms with Gasteiger partial charge in [-0.3, -0.25) is 14.4 Å². The summed E-state index contributed by atoms with van der Waals surface area (Å²) in [6.45, 7) is 7.36. The van der Waals surface area contributed by atoms with Crippen molar-refractivity contribution in [1.82, 2.24) is 9.80 Å². The van der Waals surface area contributed by atoms with E-state index in [-0.39, 0.29) is 35.2 Å². The molecule has 1 heterocycles. The Morgan fingerprint density at radius 1 is 1.00 bits per heavy atom. The Labute approximate surface area is 138 Å². The molecule has 130 valence electrons. The van der Waals surface area contributed by atoms with E-state index in [0.717, 1.165) is 25.7 Å². The zero-order chi connectivity index (χ0) is 17.2. The number of piperazine rings is 1. The molecule has 1 saturated heterocycles. The summed E-state index contributed by atoms with van der Waals surface area (Å²) in [5.41, 5.74) is -0.347. The molecule has 0 aromatic carbocycles. The first-order valence-electron chi connectivity index (χ1n) is 8.41. The van der Waals surface area contributed by atoms with Gasteiger partial charge in [0.1, 0.15) is 0 Å². The summed E-state index contributed by atoms with van der Waals surface area (Å²) in [4.78, 5) is 39.8. The van der Waals surface area contributed by atoms with Gasteiger partial charge >= 0.3 is 5.97 Å². The van der Waals surface area contributed by atoms with Crippen molar-refractivity contribution in [3.05, 3.63) is 0 Å². The summed E-state index contributed by atoms with van der Waals surface area (Å²) in [5, 5.41) is 0. The molecule has 1 saturated carbocycles.